The van der Waals surface area contributed by atoms with E-state index in [-0.39, 0.29) is 10.6 Å². The summed E-state index contributed by atoms with van der Waals surface area (Å²) in [4.78, 5) is 13.1. The lowest BCUT2D eigenvalue weighted by Crippen LogP contribution is -2.19. The predicted molar refractivity (Wildman–Crippen MR) is 101 cm³/mol. The maximum atomic E-state index is 11.3. The minimum atomic E-state index is -0.310. The lowest BCUT2D eigenvalue weighted by molar-refractivity contribution is -0.384. The van der Waals surface area contributed by atoms with Crippen LogP contribution in [0.2, 0.25) is 0 Å². The summed E-state index contributed by atoms with van der Waals surface area (Å²) in [6.45, 7) is 4.62. The molecule has 2 rings (SSSR count). The number of anilines is 1. The quantitative estimate of drug-likeness (QED) is 0.288. The highest BCUT2D eigenvalue weighted by Crippen LogP contribution is 2.39. The van der Waals surface area contributed by atoms with Gasteiger partial charge in [0.1, 0.15) is 11.4 Å². The van der Waals surface area contributed by atoms with Crippen LogP contribution in [0.25, 0.3) is 0 Å². The Morgan fingerprint density at radius 2 is 1.83 bits per heavy atom. The van der Waals surface area contributed by atoms with Gasteiger partial charge in [0.15, 0.2) is 0 Å². The van der Waals surface area contributed by atoms with E-state index < -0.39 is 0 Å². The van der Waals surface area contributed by atoms with E-state index in [1.165, 1.54) is 32.1 Å². The van der Waals surface area contributed by atoms with Crippen LogP contribution in [0.1, 0.15) is 58.3 Å². The molecule has 0 aromatic heterocycles. The molecular formula is C18H27BrN2O3. The van der Waals surface area contributed by atoms with Crippen molar-refractivity contribution < 1.29 is 9.66 Å². The van der Waals surface area contributed by atoms with E-state index in [0.29, 0.717) is 22.5 Å². The molecule has 1 saturated heterocycles. The van der Waals surface area contributed by atoms with Crippen LogP contribution in [0, 0.1) is 10.1 Å². The van der Waals surface area contributed by atoms with Crippen LogP contribution in [0.5, 0.6) is 5.75 Å². The van der Waals surface area contributed by atoms with Crippen LogP contribution < -0.4 is 9.64 Å². The molecule has 0 N–H and O–H groups in total. The Morgan fingerprint density at radius 3 is 2.50 bits per heavy atom. The number of unbranched alkanes of at least 4 members (excludes halogenated alkanes) is 5. The fourth-order valence-electron chi connectivity index (χ4n) is 3.06. The smallest absolute Gasteiger partial charge is 0.293 e. The predicted octanol–water partition coefficient (Wildman–Crippen LogP) is 5.70. The van der Waals surface area contributed by atoms with E-state index in [1.54, 1.807) is 6.07 Å². The summed E-state index contributed by atoms with van der Waals surface area (Å²) < 4.78 is 6.54. The van der Waals surface area contributed by atoms with Crippen molar-refractivity contribution in [2.75, 3.05) is 24.6 Å². The lowest BCUT2D eigenvalue weighted by atomic mass is 10.1. The van der Waals surface area contributed by atoms with Crippen LogP contribution >= 0.6 is 15.9 Å². The first-order chi connectivity index (χ1) is 11.6. The van der Waals surface area contributed by atoms with Crippen molar-refractivity contribution in [3.63, 3.8) is 0 Å². The lowest BCUT2D eigenvalue weighted by Gasteiger charge is -2.19. The summed E-state index contributed by atoms with van der Waals surface area (Å²) in [7, 11) is 0. The highest BCUT2D eigenvalue weighted by atomic mass is 79.9. The highest BCUT2D eigenvalue weighted by molar-refractivity contribution is 9.10. The topological polar surface area (TPSA) is 55.6 Å². The third-order valence-corrected chi connectivity index (χ3v) is 5.05. The van der Waals surface area contributed by atoms with Crippen molar-refractivity contribution in [3.05, 3.63) is 26.7 Å². The van der Waals surface area contributed by atoms with E-state index in [1.807, 2.05) is 6.07 Å². The number of nitrogens with zero attached hydrogens (tertiary/aromatic N) is 2. The van der Waals surface area contributed by atoms with Gasteiger partial charge in [-0.1, -0.05) is 39.0 Å². The molecule has 0 radical (unpaired) electrons. The second-order valence-corrected chi connectivity index (χ2v) is 7.19. The van der Waals surface area contributed by atoms with Gasteiger partial charge in [-0.15, -0.1) is 0 Å². The van der Waals surface area contributed by atoms with Crippen LogP contribution in [0.3, 0.4) is 0 Å². The number of rotatable bonds is 10. The Bertz CT molecular complexity index is 545. The van der Waals surface area contributed by atoms with Gasteiger partial charge in [0.05, 0.1) is 16.0 Å². The van der Waals surface area contributed by atoms with Crippen molar-refractivity contribution in [2.24, 2.45) is 0 Å². The summed E-state index contributed by atoms with van der Waals surface area (Å²) >= 11 is 3.41. The first-order valence-corrected chi connectivity index (χ1v) is 9.78. The molecule has 6 heteroatoms. The zero-order valence-corrected chi connectivity index (χ0v) is 16.0. The average Bonchev–Trinajstić information content (AvgIpc) is 3.09. The van der Waals surface area contributed by atoms with Gasteiger partial charge >= 0.3 is 0 Å². The minimum Gasteiger partial charge on any atom is -0.492 e. The molecule has 1 aliphatic rings. The summed E-state index contributed by atoms with van der Waals surface area (Å²) in [5, 5.41) is 11.3. The van der Waals surface area contributed by atoms with Gasteiger partial charge in [-0.2, -0.15) is 0 Å². The first-order valence-electron chi connectivity index (χ1n) is 8.99. The molecule has 0 unspecified atom stereocenters. The van der Waals surface area contributed by atoms with Crippen molar-refractivity contribution in [3.8, 4) is 5.75 Å². The number of nitro benzene ring substituents is 1. The molecule has 5 nitrogen and oxygen atoms in total. The standard InChI is InChI=1S/C18H27BrN2O3/c1-2-3-4-5-6-9-12-24-18-14-16(20-10-7-8-11-20)17(21(22)23)13-15(18)19/h13-14H,2-12H2,1H3. The van der Waals surface area contributed by atoms with Crippen molar-refractivity contribution in [1.82, 2.24) is 0 Å². The van der Waals surface area contributed by atoms with Gasteiger partial charge < -0.3 is 9.64 Å². The summed E-state index contributed by atoms with van der Waals surface area (Å²) in [6.07, 6.45) is 9.45. The van der Waals surface area contributed by atoms with Crippen LogP contribution in [-0.2, 0) is 0 Å². The third kappa shape index (κ3) is 5.36. The van der Waals surface area contributed by atoms with Crippen LogP contribution in [0.15, 0.2) is 16.6 Å². The largest absolute Gasteiger partial charge is 0.492 e. The molecule has 1 aromatic carbocycles. The van der Waals surface area contributed by atoms with Crippen LogP contribution in [0.4, 0.5) is 11.4 Å². The molecule has 134 valence electrons. The Hall–Kier alpha value is -1.30. The SMILES string of the molecule is CCCCCCCCOc1cc(N2CCCC2)c([N+](=O)[O-])cc1Br. The fourth-order valence-corrected chi connectivity index (χ4v) is 3.51. The number of ether oxygens (including phenoxy) is 1. The van der Waals surface area contributed by atoms with E-state index in [4.69, 9.17) is 4.74 Å². The molecule has 0 amide bonds. The number of benzene rings is 1. The van der Waals surface area contributed by atoms with Crippen molar-refractivity contribution in [2.45, 2.75) is 58.3 Å². The summed E-state index contributed by atoms with van der Waals surface area (Å²) in [6, 6.07) is 3.40. The maximum Gasteiger partial charge on any atom is 0.293 e. The van der Waals surface area contributed by atoms with Crippen molar-refractivity contribution in [1.29, 1.82) is 0 Å². The molecule has 1 heterocycles. The minimum absolute atomic E-state index is 0.149. The highest BCUT2D eigenvalue weighted by Gasteiger charge is 2.24. The van der Waals surface area contributed by atoms with Gasteiger partial charge in [0, 0.05) is 25.2 Å². The Labute approximate surface area is 152 Å². The summed E-state index contributed by atoms with van der Waals surface area (Å²) in [5.41, 5.74) is 0.828. The number of hydrogen-bond acceptors (Lipinski definition) is 4. The van der Waals surface area contributed by atoms with Gasteiger partial charge in [0.25, 0.3) is 5.69 Å². The molecule has 0 spiro atoms. The third-order valence-electron chi connectivity index (χ3n) is 4.43. The Morgan fingerprint density at radius 1 is 1.17 bits per heavy atom. The fraction of sp³-hybridized carbons (Fsp3) is 0.667. The first kappa shape index (κ1) is 19.0. The molecular weight excluding hydrogens is 372 g/mol. The zero-order valence-electron chi connectivity index (χ0n) is 14.4. The summed E-state index contributed by atoms with van der Waals surface area (Å²) in [5.74, 6) is 0.705. The second-order valence-electron chi connectivity index (χ2n) is 6.34. The van der Waals surface area contributed by atoms with Gasteiger partial charge in [-0.3, -0.25) is 10.1 Å². The molecule has 24 heavy (non-hydrogen) atoms. The molecule has 1 fully saturated rings. The van der Waals surface area contributed by atoms with Crippen molar-refractivity contribution >= 4 is 27.3 Å². The zero-order chi connectivity index (χ0) is 17.4. The normalized spacial score (nSPS) is 14.2. The molecule has 1 aliphatic heterocycles. The molecule has 0 aliphatic carbocycles. The molecule has 1 aromatic rings. The number of halogens is 1. The molecule has 0 bridgehead atoms. The second kappa shape index (κ2) is 9.87. The Balaban J connectivity index is 1.96. The van der Waals surface area contributed by atoms with E-state index in [0.717, 1.165) is 32.4 Å². The number of nitro groups is 1. The maximum absolute atomic E-state index is 11.3. The van der Waals surface area contributed by atoms with E-state index >= 15 is 0 Å². The molecule has 0 saturated carbocycles. The number of hydrogen-bond donors (Lipinski definition) is 0. The van der Waals surface area contributed by atoms with E-state index in [9.17, 15) is 10.1 Å². The van der Waals surface area contributed by atoms with E-state index in [2.05, 4.69) is 27.8 Å². The van der Waals surface area contributed by atoms with Gasteiger partial charge in [-0.05, 0) is 35.2 Å². The Kier molecular flexibility index (Phi) is 7.82. The van der Waals surface area contributed by atoms with Crippen LogP contribution in [-0.4, -0.2) is 24.6 Å². The molecule has 0 atom stereocenters. The average molecular weight is 399 g/mol. The van der Waals surface area contributed by atoms with Gasteiger partial charge in [-0.25, -0.2) is 0 Å². The van der Waals surface area contributed by atoms with Gasteiger partial charge in [0.2, 0.25) is 0 Å². The monoisotopic (exact) mass is 398 g/mol.